The molecule has 0 aromatic rings. The molecular weight excluding hydrogens is 150 g/mol. The van der Waals surface area contributed by atoms with Gasteiger partial charge in [0, 0.05) is 5.92 Å². The Balaban J connectivity index is -0.000000137. The first-order chi connectivity index (χ1) is 5.59. The van der Waals surface area contributed by atoms with E-state index in [0.717, 1.165) is 6.29 Å². The van der Waals surface area contributed by atoms with Crippen molar-refractivity contribution in [3.05, 3.63) is 0 Å². The Bertz CT molecular complexity index is 72.2. The number of rotatable bonds is 2. The molecule has 1 N–H and O–H groups in total. The highest BCUT2D eigenvalue weighted by Crippen LogP contribution is 2.04. The van der Waals surface area contributed by atoms with E-state index in [1.165, 1.54) is 0 Å². The van der Waals surface area contributed by atoms with Crippen LogP contribution in [0.2, 0.25) is 0 Å². The van der Waals surface area contributed by atoms with E-state index in [2.05, 4.69) is 5.32 Å². The average molecular weight is 175 g/mol. The molecule has 0 aliphatic heterocycles. The molecule has 76 valence electrons. The van der Waals surface area contributed by atoms with Gasteiger partial charge < -0.3 is 10.1 Å². The largest absolute Gasteiger partial charge is 0.323 e. The predicted octanol–water partition coefficient (Wildman–Crippen LogP) is 2.34. The topological polar surface area (TPSA) is 29.1 Å². The summed E-state index contributed by atoms with van der Waals surface area (Å²) >= 11 is 0. The maximum Gasteiger partial charge on any atom is 0.123 e. The summed E-state index contributed by atoms with van der Waals surface area (Å²) in [7, 11) is 3.75. The molecule has 12 heavy (non-hydrogen) atoms. The summed E-state index contributed by atoms with van der Waals surface area (Å²) in [6, 6.07) is 0. The number of hydrogen-bond acceptors (Lipinski definition) is 2. The van der Waals surface area contributed by atoms with Crippen LogP contribution in [0.3, 0.4) is 0 Å². The van der Waals surface area contributed by atoms with Crippen LogP contribution in [0.25, 0.3) is 0 Å². The molecule has 1 atom stereocenters. The van der Waals surface area contributed by atoms with Crippen LogP contribution in [0.1, 0.15) is 34.6 Å². The van der Waals surface area contributed by atoms with Crippen LogP contribution >= 0.6 is 0 Å². The Morgan fingerprint density at radius 3 is 1.33 bits per heavy atom. The highest BCUT2D eigenvalue weighted by atomic mass is 16.1. The minimum absolute atomic E-state index is 0.222. The van der Waals surface area contributed by atoms with E-state index in [0.29, 0.717) is 5.92 Å². The third-order valence-electron chi connectivity index (χ3n) is 1.27. The van der Waals surface area contributed by atoms with Gasteiger partial charge >= 0.3 is 0 Å². The summed E-state index contributed by atoms with van der Waals surface area (Å²) in [6.45, 7) is 10.0. The fourth-order valence-electron chi connectivity index (χ4n) is 0.157. The van der Waals surface area contributed by atoms with Crippen molar-refractivity contribution in [2.24, 2.45) is 11.8 Å². The number of nitrogens with one attached hydrogen (secondary N) is 1. The van der Waals surface area contributed by atoms with Crippen LogP contribution < -0.4 is 5.32 Å². The van der Waals surface area contributed by atoms with Crippen molar-refractivity contribution in [1.82, 2.24) is 5.32 Å². The molecule has 0 aromatic carbocycles. The van der Waals surface area contributed by atoms with E-state index in [1.54, 1.807) is 0 Å². The van der Waals surface area contributed by atoms with Gasteiger partial charge in [0.1, 0.15) is 6.29 Å². The first kappa shape index (κ1) is 17.6. The van der Waals surface area contributed by atoms with E-state index in [1.807, 2.05) is 48.7 Å². The van der Waals surface area contributed by atoms with Crippen LogP contribution in [-0.2, 0) is 4.79 Å². The second kappa shape index (κ2) is 16.9. The zero-order valence-corrected chi connectivity index (χ0v) is 9.64. The van der Waals surface area contributed by atoms with Gasteiger partial charge in [0.15, 0.2) is 0 Å². The first-order valence-electron chi connectivity index (χ1n) is 4.63. The average Bonchev–Trinajstić information content (AvgIpc) is 2.08. The van der Waals surface area contributed by atoms with Crippen molar-refractivity contribution in [1.29, 1.82) is 0 Å². The minimum Gasteiger partial charge on any atom is -0.323 e. The molecule has 0 fully saturated rings. The van der Waals surface area contributed by atoms with Crippen molar-refractivity contribution in [2.75, 3.05) is 14.1 Å². The van der Waals surface area contributed by atoms with E-state index in [-0.39, 0.29) is 5.92 Å². The minimum atomic E-state index is 0.222. The molecule has 0 aliphatic rings. The van der Waals surface area contributed by atoms with E-state index in [9.17, 15) is 4.79 Å². The van der Waals surface area contributed by atoms with Crippen LogP contribution in [0.5, 0.6) is 0 Å². The van der Waals surface area contributed by atoms with Crippen molar-refractivity contribution in [3.63, 3.8) is 0 Å². The number of carbonyl (C=O) groups excluding carboxylic acids is 1. The lowest BCUT2D eigenvalue weighted by atomic mass is 10.0. The van der Waals surface area contributed by atoms with Gasteiger partial charge in [-0.05, 0) is 20.0 Å². The Hall–Kier alpha value is -0.370. The lowest BCUT2D eigenvalue weighted by Gasteiger charge is -2.04. The smallest absolute Gasteiger partial charge is 0.123 e. The second-order valence-corrected chi connectivity index (χ2v) is 2.74. The standard InChI is InChI=1S/C6H12O.C2H7N.C2H6/c1-5(2)6(3)4-7;1-3-2;1-2/h4-6H,1-3H3;3H,1-2H3;1-2H3. The van der Waals surface area contributed by atoms with Crippen molar-refractivity contribution in [3.8, 4) is 0 Å². The lowest BCUT2D eigenvalue weighted by molar-refractivity contribution is -0.111. The number of hydrogen-bond donors (Lipinski definition) is 1. The molecule has 0 radical (unpaired) electrons. The molecule has 0 aromatic heterocycles. The van der Waals surface area contributed by atoms with Gasteiger partial charge in [0.2, 0.25) is 0 Å². The summed E-state index contributed by atoms with van der Waals surface area (Å²) in [5.41, 5.74) is 0. The Kier molecular flexibility index (Phi) is 24.9. The van der Waals surface area contributed by atoms with Crippen LogP contribution in [-0.4, -0.2) is 20.4 Å². The Morgan fingerprint density at radius 1 is 1.08 bits per heavy atom. The van der Waals surface area contributed by atoms with Gasteiger partial charge in [-0.3, -0.25) is 0 Å². The zero-order chi connectivity index (χ0) is 10.6. The van der Waals surface area contributed by atoms with E-state index in [4.69, 9.17) is 0 Å². The Morgan fingerprint density at radius 2 is 1.33 bits per heavy atom. The highest BCUT2D eigenvalue weighted by Gasteiger charge is 2.02. The molecule has 0 saturated carbocycles. The molecular formula is C10H25NO. The maximum atomic E-state index is 9.95. The molecule has 0 aliphatic carbocycles. The first-order valence-corrected chi connectivity index (χ1v) is 4.63. The van der Waals surface area contributed by atoms with E-state index >= 15 is 0 Å². The number of carbonyl (C=O) groups is 1. The van der Waals surface area contributed by atoms with Crippen molar-refractivity contribution in [2.45, 2.75) is 34.6 Å². The van der Waals surface area contributed by atoms with E-state index < -0.39 is 0 Å². The predicted molar refractivity (Wildman–Crippen MR) is 56.4 cm³/mol. The highest BCUT2D eigenvalue weighted by molar-refractivity contribution is 5.52. The van der Waals surface area contributed by atoms with Crippen LogP contribution in [0.4, 0.5) is 0 Å². The summed E-state index contributed by atoms with van der Waals surface area (Å²) in [5, 5.41) is 2.75. The van der Waals surface area contributed by atoms with Gasteiger partial charge in [-0.25, -0.2) is 0 Å². The molecule has 0 saturated heterocycles. The summed E-state index contributed by atoms with van der Waals surface area (Å²) in [5.74, 6) is 0.720. The molecule has 2 heteroatoms. The third-order valence-corrected chi connectivity index (χ3v) is 1.27. The van der Waals surface area contributed by atoms with Crippen molar-refractivity contribution >= 4 is 6.29 Å². The number of aldehydes is 1. The lowest BCUT2D eigenvalue weighted by Crippen LogP contribution is -2.03. The molecule has 0 heterocycles. The Labute approximate surface area is 77.7 Å². The monoisotopic (exact) mass is 175 g/mol. The summed E-state index contributed by atoms with van der Waals surface area (Å²) in [6.07, 6.45) is 0.991. The molecule has 0 amide bonds. The molecule has 1 unspecified atom stereocenters. The molecule has 2 nitrogen and oxygen atoms in total. The third kappa shape index (κ3) is 22.6. The molecule has 0 spiro atoms. The SMILES string of the molecule is CC.CC(C)C(C)C=O.CNC. The van der Waals surface area contributed by atoms with Gasteiger partial charge in [0.25, 0.3) is 0 Å². The fraction of sp³-hybridized carbons (Fsp3) is 0.900. The normalized spacial score (nSPS) is 10.3. The van der Waals surface area contributed by atoms with Crippen LogP contribution in [0.15, 0.2) is 0 Å². The van der Waals surface area contributed by atoms with Gasteiger partial charge in [-0.1, -0.05) is 34.6 Å². The summed E-state index contributed by atoms with van der Waals surface area (Å²) < 4.78 is 0. The zero-order valence-electron chi connectivity index (χ0n) is 9.64. The van der Waals surface area contributed by atoms with Crippen molar-refractivity contribution < 1.29 is 4.79 Å². The van der Waals surface area contributed by atoms with Gasteiger partial charge in [-0.2, -0.15) is 0 Å². The van der Waals surface area contributed by atoms with Gasteiger partial charge in [0.05, 0.1) is 0 Å². The maximum absolute atomic E-state index is 9.95. The molecule has 0 bridgehead atoms. The molecule has 0 rings (SSSR count). The fourth-order valence-corrected chi connectivity index (χ4v) is 0.157. The quantitative estimate of drug-likeness (QED) is 0.653. The van der Waals surface area contributed by atoms with Crippen LogP contribution in [0, 0.1) is 11.8 Å². The second-order valence-electron chi connectivity index (χ2n) is 2.74. The summed E-state index contributed by atoms with van der Waals surface area (Å²) in [4.78, 5) is 9.95. The van der Waals surface area contributed by atoms with Gasteiger partial charge in [-0.15, -0.1) is 0 Å².